The summed E-state index contributed by atoms with van der Waals surface area (Å²) < 4.78 is 13.2. The second-order valence-electron chi connectivity index (χ2n) is 3.69. The average Bonchev–Trinajstić information content (AvgIpc) is 2.13. The van der Waals surface area contributed by atoms with E-state index in [0.717, 1.165) is 6.07 Å². The van der Waals surface area contributed by atoms with Crippen LogP contribution in [0.15, 0.2) is 18.2 Å². The van der Waals surface area contributed by atoms with Gasteiger partial charge in [-0.1, -0.05) is 0 Å². The normalized spacial score (nSPS) is 17.5. The van der Waals surface area contributed by atoms with Crippen LogP contribution in [0.2, 0.25) is 0 Å². The van der Waals surface area contributed by atoms with Crippen LogP contribution in [0.1, 0.15) is 0 Å². The molecule has 5 heteroatoms. The number of aromatic hydroxyl groups is 1. The molecule has 82 valence electrons. The maximum Gasteiger partial charge on any atom is 0.149 e. The summed E-state index contributed by atoms with van der Waals surface area (Å²) in [5.74, 6) is -0.562. The number of aliphatic hydroxyl groups is 1. The van der Waals surface area contributed by atoms with E-state index in [1.165, 1.54) is 12.1 Å². The Kier molecular flexibility index (Phi) is 2.75. The van der Waals surface area contributed by atoms with E-state index in [0.29, 0.717) is 25.4 Å². The van der Waals surface area contributed by atoms with Gasteiger partial charge in [-0.2, -0.15) is 0 Å². The average molecular weight is 212 g/mol. The molecule has 1 aromatic rings. The molecule has 0 saturated carbocycles. The number of halogens is 1. The van der Waals surface area contributed by atoms with Gasteiger partial charge in [-0.05, 0) is 12.1 Å². The Labute approximate surface area is 86.9 Å². The van der Waals surface area contributed by atoms with Crippen LogP contribution in [0, 0.1) is 5.82 Å². The van der Waals surface area contributed by atoms with Gasteiger partial charge in [0, 0.05) is 19.2 Å². The molecule has 0 amide bonds. The Hall–Kier alpha value is -1.33. The molecule has 1 saturated heterocycles. The van der Waals surface area contributed by atoms with Gasteiger partial charge in [0.15, 0.2) is 0 Å². The summed E-state index contributed by atoms with van der Waals surface area (Å²) in [6.45, 7) is 1.73. The topological polar surface area (TPSA) is 55.7 Å². The number of hydrogen-bond acceptors (Lipinski definition) is 4. The molecular formula is C10H13FN2O2. The lowest BCUT2D eigenvalue weighted by Crippen LogP contribution is -2.52. The Morgan fingerprint density at radius 2 is 2.20 bits per heavy atom. The number of likely N-dealkylation sites (tertiary alicyclic amines) is 1. The van der Waals surface area contributed by atoms with Crippen molar-refractivity contribution in [2.24, 2.45) is 0 Å². The van der Waals surface area contributed by atoms with Gasteiger partial charge >= 0.3 is 0 Å². The molecule has 1 aromatic carbocycles. The highest BCUT2D eigenvalue weighted by molar-refractivity contribution is 5.47. The van der Waals surface area contributed by atoms with Gasteiger partial charge in [0.25, 0.3) is 0 Å². The minimum absolute atomic E-state index is 0.0857. The maximum atomic E-state index is 13.2. The van der Waals surface area contributed by atoms with E-state index in [1.54, 1.807) is 0 Å². The van der Waals surface area contributed by atoms with Crippen LogP contribution >= 0.6 is 0 Å². The number of β-amino-alcohol motifs (C(OH)–C–C–N with tert-alkyl or cyclic N) is 1. The fraction of sp³-hybridized carbons (Fsp3) is 0.400. The number of benzene rings is 1. The van der Waals surface area contributed by atoms with Crippen molar-refractivity contribution in [3.63, 3.8) is 0 Å². The van der Waals surface area contributed by atoms with Crippen molar-refractivity contribution in [3.05, 3.63) is 24.0 Å². The largest absolute Gasteiger partial charge is 0.508 e. The van der Waals surface area contributed by atoms with Gasteiger partial charge in [0.1, 0.15) is 11.6 Å². The van der Waals surface area contributed by atoms with Gasteiger partial charge in [-0.15, -0.1) is 0 Å². The summed E-state index contributed by atoms with van der Waals surface area (Å²) in [5, 5.41) is 20.9. The first kappa shape index (κ1) is 10.2. The minimum Gasteiger partial charge on any atom is -0.508 e. The number of rotatable bonds is 3. The van der Waals surface area contributed by atoms with Crippen LogP contribution < -0.4 is 5.32 Å². The SMILES string of the molecule is Oc1ccc(NCN2CC(O)C2)c(F)c1. The molecule has 0 atom stereocenters. The van der Waals surface area contributed by atoms with Gasteiger partial charge in [0.2, 0.25) is 0 Å². The number of phenols is 1. The maximum absolute atomic E-state index is 13.2. The van der Waals surface area contributed by atoms with Crippen molar-refractivity contribution >= 4 is 5.69 Å². The summed E-state index contributed by atoms with van der Waals surface area (Å²) in [6, 6.07) is 3.98. The first-order chi connectivity index (χ1) is 7.15. The van der Waals surface area contributed by atoms with Crippen LogP contribution in [-0.4, -0.2) is 41.0 Å². The molecule has 3 N–H and O–H groups in total. The highest BCUT2D eigenvalue weighted by atomic mass is 19.1. The van der Waals surface area contributed by atoms with Gasteiger partial charge in [-0.25, -0.2) is 4.39 Å². The molecule has 0 spiro atoms. The Morgan fingerprint density at radius 3 is 2.80 bits per heavy atom. The monoisotopic (exact) mass is 212 g/mol. The van der Waals surface area contributed by atoms with E-state index < -0.39 is 5.82 Å². The Balaban J connectivity index is 1.88. The molecule has 0 aliphatic carbocycles. The number of anilines is 1. The molecular weight excluding hydrogens is 199 g/mol. The lowest BCUT2D eigenvalue weighted by atomic mass is 10.2. The molecule has 2 rings (SSSR count). The van der Waals surface area contributed by atoms with Crippen molar-refractivity contribution in [3.8, 4) is 5.75 Å². The molecule has 1 aliphatic heterocycles. The lowest BCUT2D eigenvalue weighted by molar-refractivity contribution is 0.00708. The van der Waals surface area contributed by atoms with Crippen LogP contribution in [0.4, 0.5) is 10.1 Å². The van der Waals surface area contributed by atoms with Crippen molar-refractivity contribution in [1.29, 1.82) is 0 Å². The fourth-order valence-corrected chi connectivity index (χ4v) is 1.52. The summed E-state index contributed by atoms with van der Waals surface area (Å²) >= 11 is 0. The molecule has 1 fully saturated rings. The molecule has 0 aromatic heterocycles. The third-order valence-electron chi connectivity index (χ3n) is 2.38. The molecule has 0 bridgehead atoms. The number of hydrogen-bond donors (Lipinski definition) is 3. The second-order valence-corrected chi connectivity index (χ2v) is 3.69. The van der Waals surface area contributed by atoms with Crippen LogP contribution in [-0.2, 0) is 0 Å². The Bertz CT molecular complexity index is 353. The number of nitrogens with zero attached hydrogens (tertiary/aromatic N) is 1. The zero-order chi connectivity index (χ0) is 10.8. The zero-order valence-corrected chi connectivity index (χ0v) is 8.15. The molecule has 1 heterocycles. The van der Waals surface area contributed by atoms with E-state index in [9.17, 15) is 4.39 Å². The molecule has 0 unspecified atom stereocenters. The van der Waals surface area contributed by atoms with E-state index >= 15 is 0 Å². The summed E-state index contributed by atoms with van der Waals surface area (Å²) in [4.78, 5) is 1.96. The fourth-order valence-electron chi connectivity index (χ4n) is 1.52. The number of nitrogens with one attached hydrogen (secondary N) is 1. The minimum atomic E-state index is -0.476. The van der Waals surface area contributed by atoms with Crippen molar-refractivity contribution < 1.29 is 14.6 Å². The molecule has 4 nitrogen and oxygen atoms in total. The second kappa shape index (κ2) is 4.04. The van der Waals surface area contributed by atoms with E-state index in [1.807, 2.05) is 4.90 Å². The zero-order valence-electron chi connectivity index (χ0n) is 8.15. The van der Waals surface area contributed by atoms with Gasteiger partial charge in [-0.3, -0.25) is 4.90 Å². The molecule has 1 aliphatic rings. The summed E-state index contributed by atoms with van der Waals surface area (Å²) in [7, 11) is 0. The van der Waals surface area contributed by atoms with Gasteiger partial charge < -0.3 is 15.5 Å². The summed E-state index contributed by atoms with van der Waals surface area (Å²) in [6.07, 6.45) is -0.253. The van der Waals surface area contributed by atoms with Crippen molar-refractivity contribution in [2.75, 3.05) is 25.1 Å². The van der Waals surface area contributed by atoms with Crippen molar-refractivity contribution in [1.82, 2.24) is 4.90 Å². The highest BCUT2D eigenvalue weighted by Gasteiger charge is 2.23. The van der Waals surface area contributed by atoms with Gasteiger partial charge in [0.05, 0.1) is 18.5 Å². The number of phenolic OH excluding ortho intramolecular Hbond substituents is 1. The lowest BCUT2D eigenvalue weighted by Gasteiger charge is -2.35. The van der Waals surface area contributed by atoms with Crippen LogP contribution in [0.3, 0.4) is 0 Å². The van der Waals surface area contributed by atoms with Crippen molar-refractivity contribution in [2.45, 2.75) is 6.10 Å². The molecule has 15 heavy (non-hydrogen) atoms. The first-order valence-electron chi connectivity index (χ1n) is 4.78. The smallest absolute Gasteiger partial charge is 0.149 e. The predicted molar refractivity (Wildman–Crippen MR) is 54.1 cm³/mol. The Morgan fingerprint density at radius 1 is 1.47 bits per heavy atom. The van der Waals surface area contributed by atoms with E-state index in [2.05, 4.69) is 5.32 Å². The standard InChI is InChI=1S/C10H13FN2O2/c11-9-3-7(14)1-2-10(9)12-6-13-4-8(15)5-13/h1-3,8,12,14-15H,4-6H2. The highest BCUT2D eigenvalue weighted by Crippen LogP contribution is 2.19. The van der Waals surface area contributed by atoms with E-state index in [-0.39, 0.29) is 11.9 Å². The molecule has 0 radical (unpaired) electrons. The summed E-state index contributed by atoms with van der Waals surface area (Å²) in [5.41, 5.74) is 0.356. The third-order valence-corrected chi connectivity index (χ3v) is 2.38. The first-order valence-corrected chi connectivity index (χ1v) is 4.78. The predicted octanol–water partition coefficient (Wildman–Crippen LogP) is 0.577. The number of aliphatic hydroxyl groups excluding tert-OH is 1. The van der Waals surface area contributed by atoms with E-state index in [4.69, 9.17) is 10.2 Å². The third kappa shape index (κ3) is 2.37. The van der Waals surface area contributed by atoms with Crippen LogP contribution in [0.5, 0.6) is 5.75 Å². The van der Waals surface area contributed by atoms with Crippen LogP contribution in [0.25, 0.3) is 0 Å². The quantitative estimate of drug-likeness (QED) is 0.641.